The van der Waals surface area contributed by atoms with Crippen molar-refractivity contribution in [2.24, 2.45) is 39.9 Å². The number of Topliss-reactive ketones (excluding diaryl/α,β-unsaturated/α-hetero) is 1. The monoisotopic (exact) mass is 1120 g/mol. The topological polar surface area (TPSA) is 184 Å². The molecule has 6 fully saturated rings. The molecule has 15 heteroatoms. The van der Waals surface area contributed by atoms with Crippen molar-refractivity contribution in [3.05, 3.63) is 181 Å². The van der Waals surface area contributed by atoms with Crippen LogP contribution in [0.15, 0.2) is 205 Å². The number of aryl methyl sites for hydroxylation is 1. The minimum Gasteiger partial charge on any atom is -0.748 e. The number of ketones is 1. The summed E-state index contributed by atoms with van der Waals surface area (Å²) >= 11 is 0. The van der Waals surface area contributed by atoms with Crippen LogP contribution in [-0.2, 0) is 65.9 Å². The van der Waals surface area contributed by atoms with Crippen molar-refractivity contribution in [3.8, 4) is 0 Å². The first-order valence-electron chi connectivity index (χ1n) is 26.3. The van der Waals surface area contributed by atoms with Gasteiger partial charge in [-0.2, -0.15) is 0 Å². The molecule has 77 heavy (non-hydrogen) atoms. The zero-order valence-electron chi connectivity index (χ0n) is 43.9. The van der Waals surface area contributed by atoms with E-state index >= 15 is 0 Å². The predicted octanol–water partition coefficient (Wildman–Crippen LogP) is 11.6. The Labute approximate surface area is 460 Å². The fourth-order valence-corrected chi connectivity index (χ4v) is 18.5. The van der Waals surface area contributed by atoms with E-state index in [0.29, 0.717) is 30.6 Å². The summed E-state index contributed by atoms with van der Waals surface area (Å²) in [6, 6.07) is 62.5. The van der Waals surface area contributed by atoms with Gasteiger partial charge in [0.15, 0.2) is 29.4 Å². The molecule has 0 radical (unpaired) electrons. The highest BCUT2D eigenvalue weighted by Gasteiger charge is 2.64. The Morgan fingerprint density at radius 1 is 0.545 bits per heavy atom. The van der Waals surface area contributed by atoms with E-state index in [2.05, 4.69) is 188 Å². The van der Waals surface area contributed by atoms with Gasteiger partial charge in [0.25, 0.3) is 0 Å². The van der Waals surface area contributed by atoms with E-state index in [1.807, 2.05) is 13.8 Å². The summed E-state index contributed by atoms with van der Waals surface area (Å²) in [7, 11) is -9.00. The molecule has 6 bridgehead atoms. The van der Waals surface area contributed by atoms with Gasteiger partial charge >= 0.3 is 11.9 Å². The zero-order chi connectivity index (χ0) is 54.9. The fraction of sp³-hybridized carbons (Fsp3) is 0.371. The van der Waals surface area contributed by atoms with Crippen LogP contribution < -0.4 is 0 Å². The molecule has 12 rings (SSSR count). The number of benzene rings is 6. The van der Waals surface area contributed by atoms with Crippen LogP contribution in [0, 0.1) is 46.8 Å². The molecule has 0 heterocycles. The van der Waals surface area contributed by atoms with Crippen molar-refractivity contribution in [1.29, 1.82) is 0 Å². The molecule has 0 aromatic heterocycles. The number of carbonyl (C=O) groups excluding carboxylic acids is 3. The number of hydrogen-bond donors (Lipinski definition) is 0. The Bertz CT molecular complexity index is 2970. The number of hydrogen-bond acceptors (Lipinski definition) is 11. The van der Waals surface area contributed by atoms with E-state index in [0.717, 1.165) is 25.7 Å². The molecule has 2 atom stereocenters. The Balaban J connectivity index is 0.000000137. The third kappa shape index (κ3) is 14.6. The molecule has 6 saturated carbocycles. The van der Waals surface area contributed by atoms with Crippen LogP contribution in [-0.4, -0.2) is 68.4 Å². The standard InChI is InChI=1S/C19H17S.C18H15S.C15H22O7S.C10H16O4S/c1-16-12-14-19(15-13-16)20(17-8-4-2-5-9-17)18-10-6-3-7-11-18;1-4-10-16(11-5-1)19(17-12-6-2-7-13-17)18-14-8-3-9-15-18;16-13(9-23(18,19)20)21-1-2-22-14(17)15-6-10-3-11(7-15)5-12(4-10)8-15;1-9(2)7-3-4-10(9,8(11)5-7)6-15(12,13)14/h2-15H,1H3;1-15H;10-12H,1-9H2,(H,18,19,20);7H,3-6H2,1-2H3,(H,12,13,14)/q2*+1;;/p-2. The van der Waals surface area contributed by atoms with Gasteiger partial charge in [0.05, 0.1) is 43.1 Å². The van der Waals surface area contributed by atoms with Gasteiger partial charge in [-0.05, 0) is 160 Å². The third-order valence-electron chi connectivity index (χ3n) is 16.1. The van der Waals surface area contributed by atoms with Gasteiger partial charge in [0.2, 0.25) is 0 Å². The molecule has 6 aromatic rings. The lowest BCUT2D eigenvalue weighted by Crippen LogP contribution is -2.50. The second-order valence-electron chi connectivity index (χ2n) is 21.6. The number of carbonyl (C=O) groups is 3. The van der Waals surface area contributed by atoms with Crippen LogP contribution in [0.5, 0.6) is 0 Å². The van der Waals surface area contributed by atoms with Crippen LogP contribution >= 0.6 is 0 Å². The quantitative estimate of drug-likeness (QED) is 0.0437. The average molecular weight is 1120 g/mol. The molecule has 6 aliphatic rings. The highest BCUT2D eigenvalue weighted by Crippen LogP contribution is 2.64. The van der Waals surface area contributed by atoms with Gasteiger partial charge in [-0.15, -0.1) is 0 Å². The highest BCUT2D eigenvalue weighted by molar-refractivity contribution is 7.97. The van der Waals surface area contributed by atoms with Crippen molar-refractivity contribution in [1.82, 2.24) is 0 Å². The second-order valence-corrected chi connectivity index (χ2v) is 28.5. The fourth-order valence-electron chi connectivity index (χ4n) is 12.7. The first kappa shape index (κ1) is 57.6. The van der Waals surface area contributed by atoms with Crippen molar-refractivity contribution in [2.45, 2.75) is 108 Å². The number of fused-ring (bicyclic) bond motifs is 2. The van der Waals surface area contributed by atoms with Crippen LogP contribution in [0.1, 0.15) is 77.2 Å². The maximum absolute atomic E-state index is 12.5. The Morgan fingerprint density at radius 3 is 1.23 bits per heavy atom. The average Bonchev–Trinajstić information content (AvgIpc) is 3.86. The van der Waals surface area contributed by atoms with E-state index in [4.69, 9.17) is 4.74 Å². The molecule has 0 spiro atoms. The van der Waals surface area contributed by atoms with Gasteiger partial charge in [-0.3, -0.25) is 14.4 Å². The molecule has 11 nitrogen and oxygen atoms in total. The van der Waals surface area contributed by atoms with E-state index in [1.54, 1.807) is 0 Å². The SMILES string of the molecule is CC1(C)C2CCC1(CS(=O)(=O)[O-])C(=O)C2.Cc1ccc([S+](c2ccccc2)c2ccccc2)cc1.O=C(CS(=O)(=O)[O-])OCCOC(=O)C12CC3CC(CC(C3)C1)C2.c1ccc([S+](c2ccccc2)c2ccccc2)cc1. The maximum Gasteiger partial charge on any atom is 0.320 e. The predicted molar refractivity (Wildman–Crippen MR) is 298 cm³/mol. The minimum absolute atomic E-state index is 0.0146. The molecular weight excluding hydrogens is 1050 g/mol. The highest BCUT2D eigenvalue weighted by atomic mass is 32.2. The molecule has 0 N–H and O–H groups in total. The van der Waals surface area contributed by atoms with Crippen molar-refractivity contribution < 1.29 is 49.8 Å². The van der Waals surface area contributed by atoms with Gasteiger partial charge in [-0.1, -0.05) is 123 Å². The summed E-state index contributed by atoms with van der Waals surface area (Å²) in [5.74, 6) is -0.917. The summed E-state index contributed by atoms with van der Waals surface area (Å²) in [6.45, 7) is 5.63. The van der Waals surface area contributed by atoms with Gasteiger partial charge < -0.3 is 18.6 Å². The number of esters is 2. The summed E-state index contributed by atoms with van der Waals surface area (Å²) in [5, 5.41) is 0. The van der Waals surface area contributed by atoms with E-state index in [-0.39, 0.29) is 63.5 Å². The van der Waals surface area contributed by atoms with Crippen molar-refractivity contribution >= 4 is 59.7 Å². The Hall–Kier alpha value is -5.55. The Morgan fingerprint density at radius 2 is 0.909 bits per heavy atom. The molecule has 406 valence electrons. The number of rotatable bonds is 14. The van der Waals surface area contributed by atoms with Gasteiger partial charge in [0, 0.05) is 11.8 Å². The maximum atomic E-state index is 12.5. The van der Waals surface area contributed by atoms with E-state index < -0.39 is 43.1 Å². The minimum atomic E-state index is -4.64. The lowest BCUT2D eigenvalue weighted by Gasteiger charge is -2.55. The molecule has 6 aliphatic carbocycles. The zero-order valence-corrected chi connectivity index (χ0v) is 47.1. The molecular formula is C62H68O11S4. The second kappa shape index (κ2) is 25.1. The lowest BCUT2D eigenvalue weighted by molar-refractivity contribution is -0.174. The third-order valence-corrected chi connectivity index (χ3v) is 22.0. The van der Waals surface area contributed by atoms with Crippen LogP contribution in [0.4, 0.5) is 0 Å². The van der Waals surface area contributed by atoms with Gasteiger partial charge in [-0.25, -0.2) is 16.8 Å². The van der Waals surface area contributed by atoms with Crippen molar-refractivity contribution in [2.75, 3.05) is 24.7 Å². The summed E-state index contributed by atoms with van der Waals surface area (Å²) in [6.07, 6.45) is 8.25. The normalized spacial score (nSPS) is 23.4. The van der Waals surface area contributed by atoms with Crippen LogP contribution in [0.25, 0.3) is 0 Å². The van der Waals surface area contributed by atoms with Gasteiger partial charge in [0.1, 0.15) is 34.9 Å². The molecule has 0 aliphatic heterocycles. The first-order valence-corrected chi connectivity index (χ1v) is 31.9. The Kier molecular flexibility index (Phi) is 18.8. The van der Waals surface area contributed by atoms with Crippen molar-refractivity contribution in [3.63, 3.8) is 0 Å². The number of ether oxygens (including phenoxy) is 2. The van der Waals surface area contributed by atoms with E-state index in [1.165, 1.54) is 54.2 Å². The summed E-state index contributed by atoms with van der Waals surface area (Å²) < 4.78 is 73.7. The lowest BCUT2D eigenvalue weighted by atomic mass is 9.49. The molecule has 0 saturated heterocycles. The molecule has 0 amide bonds. The largest absolute Gasteiger partial charge is 0.748 e. The molecule has 6 aromatic carbocycles. The summed E-state index contributed by atoms with van der Waals surface area (Å²) in [5.41, 5.74) is -0.282. The summed E-state index contributed by atoms with van der Waals surface area (Å²) in [4.78, 5) is 43.6. The van der Waals surface area contributed by atoms with E-state index in [9.17, 15) is 40.3 Å². The smallest absolute Gasteiger partial charge is 0.320 e. The first-order chi connectivity index (χ1) is 36.7. The van der Waals surface area contributed by atoms with Crippen LogP contribution in [0.2, 0.25) is 0 Å². The molecule has 2 unspecified atom stereocenters. The van der Waals surface area contributed by atoms with Crippen LogP contribution in [0.3, 0.4) is 0 Å².